The van der Waals surface area contributed by atoms with Crippen LogP contribution in [0.25, 0.3) is 0 Å². The summed E-state index contributed by atoms with van der Waals surface area (Å²) in [7, 11) is 0. The number of rotatable bonds is 12. The number of hydrogen-bond acceptors (Lipinski definition) is 5. The van der Waals surface area contributed by atoms with Gasteiger partial charge in [0.05, 0.1) is 12.7 Å². The third-order valence-electron chi connectivity index (χ3n) is 4.29. The van der Waals surface area contributed by atoms with Crippen LogP contribution in [0.4, 0.5) is 0 Å². The Bertz CT molecular complexity index is 672. The highest BCUT2D eigenvalue weighted by Gasteiger charge is 2.16. The number of hydrogen-bond donors (Lipinski definition) is 2. The molecule has 0 bridgehead atoms. The molecule has 0 heterocycles. The van der Waals surface area contributed by atoms with Crippen LogP contribution in [0.15, 0.2) is 54.6 Å². The maximum atomic E-state index is 12.3. The Morgan fingerprint density at radius 1 is 1.04 bits per heavy atom. The Morgan fingerprint density at radius 2 is 1.74 bits per heavy atom. The summed E-state index contributed by atoms with van der Waals surface area (Å²) in [6.45, 7) is 1.78. The number of aliphatic hydroxyl groups is 1. The van der Waals surface area contributed by atoms with E-state index in [2.05, 4.69) is 0 Å². The molecule has 0 radical (unpaired) electrons. The quantitative estimate of drug-likeness (QED) is 0.530. The first-order chi connectivity index (χ1) is 13.1. The molecule has 0 spiro atoms. The zero-order valence-corrected chi connectivity index (χ0v) is 16.5. The van der Waals surface area contributed by atoms with Crippen LogP contribution in [0.5, 0.6) is 5.75 Å². The fourth-order valence-corrected chi connectivity index (χ4v) is 3.54. The predicted molar refractivity (Wildman–Crippen MR) is 110 cm³/mol. The molecule has 0 aliphatic heterocycles. The van der Waals surface area contributed by atoms with Crippen LogP contribution in [0, 0.1) is 0 Å². The number of carbonyl (C=O) groups excluding carboxylic acids is 1. The van der Waals surface area contributed by atoms with Crippen molar-refractivity contribution in [2.24, 2.45) is 0 Å². The Labute approximate surface area is 165 Å². The van der Waals surface area contributed by atoms with Crippen LogP contribution in [-0.2, 0) is 21.8 Å². The summed E-state index contributed by atoms with van der Waals surface area (Å²) in [4.78, 5) is 12.3. The second-order valence-electron chi connectivity index (χ2n) is 6.74. The number of phenolic OH excluding ortho intramolecular Hbond substituents is 1. The molecule has 27 heavy (non-hydrogen) atoms. The maximum Gasteiger partial charge on any atom is 0.133 e. The first-order valence-electron chi connectivity index (χ1n) is 9.33. The topological polar surface area (TPSA) is 66.8 Å². The molecule has 2 unspecified atom stereocenters. The maximum absolute atomic E-state index is 12.3. The van der Waals surface area contributed by atoms with Crippen molar-refractivity contribution in [2.45, 2.75) is 50.4 Å². The number of aromatic hydroxyl groups is 1. The first-order valence-corrected chi connectivity index (χ1v) is 10.1. The molecule has 0 aliphatic rings. The smallest absolute Gasteiger partial charge is 0.133 e. The van der Waals surface area contributed by atoms with Gasteiger partial charge in [-0.3, -0.25) is 4.79 Å². The molecule has 0 saturated carbocycles. The van der Waals surface area contributed by atoms with Crippen molar-refractivity contribution in [2.75, 3.05) is 6.61 Å². The van der Waals surface area contributed by atoms with Crippen LogP contribution in [0.1, 0.15) is 37.3 Å². The largest absolute Gasteiger partial charge is 0.508 e. The summed E-state index contributed by atoms with van der Waals surface area (Å²) in [6, 6.07) is 17.1. The Kier molecular flexibility index (Phi) is 9.39. The van der Waals surface area contributed by atoms with Crippen LogP contribution >= 0.6 is 12.0 Å². The average Bonchev–Trinajstić information content (AvgIpc) is 2.70. The summed E-state index contributed by atoms with van der Waals surface area (Å²) < 4.78 is 5.62. The van der Waals surface area contributed by atoms with Crippen molar-refractivity contribution >= 4 is 17.8 Å². The van der Waals surface area contributed by atoms with Crippen LogP contribution in [-0.4, -0.2) is 34.0 Å². The van der Waals surface area contributed by atoms with Gasteiger partial charge in [0.15, 0.2) is 0 Å². The number of benzene rings is 2. The van der Waals surface area contributed by atoms with Gasteiger partial charge >= 0.3 is 0 Å². The van der Waals surface area contributed by atoms with Gasteiger partial charge in [-0.15, -0.1) is 0 Å². The van der Waals surface area contributed by atoms with Crippen molar-refractivity contribution in [3.63, 3.8) is 0 Å². The molecule has 0 amide bonds. The van der Waals surface area contributed by atoms with E-state index in [1.165, 1.54) is 17.6 Å². The summed E-state index contributed by atoms with van der Waals surface area (Å²) in [6.07, 6.45) is 3.06. The molecule has 2 aromatic rings. The molecule has 4 nitrogen and oxygen atoms in total. The minimum Gasteiger partial charge on any atom is -0.508 e. The molecular weight excluding hydrogens is 360 g/mol. The third kappa shape index (κ3) is 8.61. The average molecular weight is 389 g/mol. The standard InChI is InChI=1S/C22H28O4S/c1-17(16-23)26-27-22(15-19-8-11-20(24)12-9-19)14-13-21(25)10-7-18-5-3-2-4-6-18/h2-6,8-9,11-12,17,22-24H,7,10,13-16H2,1H3. The van der Waals surface area contributed by atoms with Crippen molar-refractivity contribution < 1.29 is 19.2 Å². The highest BCUT2D eigenvalue weighted by atomic mass is 32.2. The van der Waals surface area contributed by atoms with Crippen molar-refractivity contribution in [1.29, 1.82) is 0 Å². The fourth-order valence-electron chi connectivity index (χ4n) is 2.66. The molecule has 2 rings (SSSR count). The molecule has 2 N–H and O–H groups in total. The SMILES string of the molecule is CC(CO)OSC(CCC(=O)CCc1ccccc1)Cc1ccc(O)cc1. The monoisotopic (exact) mass is 388 g/mol. The molecule has 5 heteroatoms. The summed E-state index contributed by atoms with van der Waals surface area (Å²) in [5.74, 6) is 0.495. The molecule has 146 valence electrons. The van der Waals surface area contributed by atoms with E-state index >= 15 is 0 Å². The minimum atomic E-state index is -0.244. The van der Waals surface area contributed by atoms with Gasteiger partial charge in [-0.25, -0.2) is 0 Å². The third-order valence-corrected chi connectivity index (χ3v) is 5.41. The highest BCUT2D eigenvalue weighted by Crippen LogP contribution is 2.25. The molecular formula is C22H28O4S. The lowest BCUT2D eigenvalue weighted by Gasteiger charge is -2.18. The molecule has 0 aliphatic carbocycles. The number of aryl methyl sites for hydroxylation is 1. The second kappa shape index (κ2) is 11.8. The van der Waals surface area contributed by atoms with E-state index in [1.807, 2.05) is 49.4 Å². The van der Waals surface area contributed by atoms with Gasteiger partial charge in [-0.05, 0) is 61.5 Å². The van der Waals surface area contributed by atoms with Crippen molar-refractivity contribution in [3.05, 3.63) is 65.7 Å². The van der Waals surface area contributed by atoms with Gasteiger partial charge < -0.3 is 14.4 Å². The molecule has 0 aromatic heterocycles. The normalized spacial score (nSPS) is 13.3. The molecule has 0 fully saturated rings. The van der Waals surface area contributed by atoms with Crippen molar-refractivity contribution in [3.8, 4) is 5.75 Å². The predicted octanol–water partition coefficient (Wildman–Crippen LogP) is 4.33. The van der Waals surface area contributed by atoms with Gasteiger partial charge in [0.2, 0.25) is 0 Å². The zero-order valence-electron chi connectivity index (χ0n) is 15.7. The van der Waals surface area contributed by atoms with Gasteiger partial charge in [-0.2, -0.15) is 0 Å². The lowest BCUT2D eigenvalue weighted by atomic mass is 10.0. The lowest BCUT2D eigenvalue weighted by molar-refractivity contribution is -0.119. The molecule has 2 atom stereocenters. The summed E-state index contributed by atoms with van der Waals surface area (Å²) in [5, 5.41) is 18.7. The summed E-state index contributed by atoms with van der Waals surface area (Å²) >= 11 is 1.33. The number of carbonyl (C=O) groups is 1. The van der Waals surface area contributed by atoms with E-state index in [-0.39, 0.29) is 29.5 Å². The minimum absolute atomic E-state index is 0.0328. The second-order valence-corrected chi connectivity index (χ2v) is 7.79. The van der Waals surface area contributed by atoms with Gasteiger partial charge in [0, 0.05) is 18.1 Å². The molecule has 2 aromatic carbocycles. The molecule has 0 saturated heterocycles. The summed E-state index contributed by atoms with van der Waals surface area (Å²) in [5.41, 5.74) is 2.27. The Morgan fingerprint density at radius 3 is 2.41 bits per heavy atom. The lowest BCUT2D eigenvalue weighted by Crippen LogP contribution is -2.15. The number of phenols is 1. The Hall–Kier alpha value is -1.82. The van der Waals surface area contributed by atoms with E-state index in [0.29, 0.717) is 12.8 Å². The number of Topliss-reactive ketones (excluding diaryl/α,β-unsaturated/α-hetero) is 1. The highest BCUT2D eigenvalue weighted by molar-refractivity contribution is 7.95. The van der Waals surface area contributed by atoms with E-state index in [9.17, 15) is 9.90 Å². The number of aliphatic hydroxyl groups excluding tert-OH is 1. The van der Waals surface area contributed by atoms with Crippen LogP contribution < -0.4 is 0 Å². The van der Waals surface area contributed by atoms with Gasteiger partial charge in [-0.1, -0.05) is 42.5 Å². The van der Waals surface area contributed by atoms with Gasteiger partial charge in [0.25, 0.3) is 0 Å². The van der Waals surface area contributed by atoms with E-state index < -0.39 is 0 Å². The van der Waals surface area contributed by atoms with Crippen molar-refractivity contribution in [1.82, 2.24) is 0 Å². The van der Waals surface area contributed by atoms with Gasteiger partial charge in [0.1, 0.15) is 11.5 Å². The van der Waals surface area contributed by atoms with E-state index in [4.69, 9.17) is 9.29 Å². The van der Waals surface area contributed by atoms with Crippen LogP contribution in [0.3, 0.4) is 0 Å². The Balaban J connectivity index is 1.84. The zero-order chi connectivity index (χ0) is 19.5. The van der Waals surface area contributed by atoms with Crippen LogP contribution in [0.2, 0.25) is 0 Å². The fraction of sp³-hybridized carbons (Fsp3) is 0.409. The van der Waals surface area contributed by atoms with E-state index in [0.717, 1.165) is 24.8 Å². The first kappa shape index (κ1) is 21.5. The van der Waals surface area contributed by atoms with E-state index in [1.54, 1.807) is 12.1 Å². The number of ketones is 1.